The van der Waals surface area contributed by atoms with E-state index in [2.05, 4.69) is 24.0 Å². The van der Waals surface area contributed by atoms with Gasteiger partial charge in [0, 0.05) is 18.2 Å². The van der Waals surface area contributed by atoms with Crippen molar-refractivity contribution in [1.82, 2.24) is 5.32 Å². The largest absolute Gasteiger partial charge is 0.489 e. The molecule has 1 fully saturated rings. The van der Waals surface area contributed by atoms with E-state index in [0.29, 0.717) is 12.6 Å². The van der Waals surface area contributed by atoms with E-state index in [1.54, 1.807) is 6.08 Å². The summed E-state index contributed by atoms with van der Waals surface area (Å²) in [5, 5.41) is 12.6. The summed E-state index contributed by atoms with van der Waals surface area (Å²) >= 11 is 0. The van der Waals surface area contributed by atoms with E-state index in [-0.39, 0.29) is 5.92 Å². The Kier molecular flexibility index (Phi) is 5.00. The Balaban J connectivity index is 1.95. The van der Waals surface area contributed by atoms with E-state index in [4.69, 9.17) is 10.00 Å². The molecule has 0 heterocycles. The van der Waals surface area contributed by atoms with Gasteiger partial charge in [0.05, 0.1) is 12.0 Å². The van der Waals surface area contributed by atoms with Gasteiger partial charge in [-0.3, -0.25) is 0 Å². The molecule has 2 unspecified atom stereocenters. The first-order valence-corrected chi connectivity index (χ1v) is 6.79. The molecular formula is C16H20N2O. The highest BCUT2D eigenvalue weighted by Gasteiger charge is 2.26. The van der Waals surface area contributed by atoms with Crippen LogP contribution in [0.15, 0.2) is 36.9 Å². The minimum Gasteiger partial charge on any atom is -0.489 e. The molecule has 1 N–H and O–H groups in total. The fourth-order valence-electron chi connectivity index (χ4n) is 2.54. The van der Waals surface area contributed by atoms with Crippen molar-refractivity contribution in [2.75, 3.05) is 6.61 Å². The smallest absolute Gasteiger partial charge is 0.124 e. The van der Waals surface area contributed by atoms with Crippen LogP contribution in [-0.4, -0.2) is 12.6 Å². The molecule has 19 heavy (non-hydrogen) atoms. The Labute approximate surface area is 114 Å². The zero-order chi connectivity index (χ0) is 13.5. The molecule has 1 aromatic carbocycles. The predicted octanol–water partition coefficient (Wildman–Crippen LogP) is 3.03. The summed E-state index contributed by atoms with van der Waals surface area (Å²) in [6.07, 6.45) is 4.99. The molecule has 0 aromatic heterocycles. The van der Waals surface area contributed by atoms with Crippen molar-refractivity contribution >= 4 is 0 Å². The SMILES string of the molecule is C=CCOc1ccccc1CNC1CCCC1C#N. The van der Waals surface area contributed by atoms with Crippen LogP contribution in [-0.2, 0) is 6.54 Å². The summed E-state index contributed by atoms with van der Waals surface area (Å²) in [4.78, 5) is 0. The quantitative estimate of drug-likeness (QED) is 0.796. The van der Waals surface area contributed by atoms with E-state index in [1.165, 1.54) is 0 Å². The van der Waals surface area contributed by atoms with E-state index < -0.39 is 0 Å². The van der Waals surface area contributed by atoms with Crippen LogP contribution in [0.4, 0.5) is 0 Å². The molecule has 3 heteroatoms. The monoisotopic (exact) mass is 256 g/mol. The lowest BCUT2D eigenvalue weighted by Gasteiger charge is -2.17. The van der Waals surface area contributed by atoms with Crippen molar-refractivity contribution in [3.05, 3.63) is 42.5 Å². The summed E-state index contributed by atoms with van der Waals surface area (Å²) in [7, 11) is 0. The third-order valence-corrected chi connectivity index (χ3v) is 3.57. The molecule has 0 amide bonds. The number of hydrogen-bond donors (Lipinski definition) is 1. The van der Waals surface area contributed by atoms with E-state index in [0.717, 1.165) is 37.1 Å². The Morgan fingerprint density at radius 3 is 3.05 bits per heavy atom. The van der Waals surface area contributed by atoms with Gasteiger partial charge in [-0.1, -0.05) is 37.3 Å². The maximum Gasteiger partial charge on any atom is 0.124 e. The van der Waals surface area contributed by atoms with Gasteiger partial charge in [-0.15, -0.1) is 0 Å². The second-order valence-corrected chi connectivity index (χ2v) is 4.86. The number of para-hydroxylation sites is 1. The molecular weight excluding hydrogens is 236 g/mol. The lowest BCUT2D eigenvalue weighted by atomic mass is 10.1. The van der Waals surface area contributed by atoms with Gasteiger partial charge in [0.2, 0.25) is 0 Å². The second kappa shape index (κ2) is 6.96. The van der Waals surface area contributed by atoms with Crippen LogP contribution in [0.1, 0.15) is 24.8 Å². The molecule has 1 aliphatic rings. The van der Waals surface area contributed by atoms with Gasteiger partial charge in [-0.2, -0.15) is 5.26 Å². The molecule has 1 aliphatic carbocycles. The Morgan fingerprint density at radius 1 is 1.42 bits per heavy atom. The van der Waals surface area contributed by atoms with E-state index >= 15 is 0 Å². The number of benzene rings is 1. The average molecular weight is 256 g/mol. The van der Waals surface area contributed by atoms with E-state index in [1.807, 2.05) is 18.2 Å². The first-order valence-electron chi connectivity index (χ1n) is 6.79. The van der Waals surface area contributed by atoms with Crippen molar-refractivity contribution in [2.45, 2.75) is 31.8 Å². The molecule has 0 spiro atoms. The van der Waals surface area contributed by atoms with Gasteiger partial charge in [0.25, 0.3) is 0 Å². The van der Waals surface area contributed by atoms with Gasteiger partial charge >= 0.3 is 0 Å². The molecule has 100 valence electrons. The Bertz CT molecular complexity index is 464. The summed E-state index contributed by atoms with van der Waals surface area (Å²) in [6.45, 7) is 4.92. The Hall–Kier alpha value is -1.79. The molecule has 0 radical (unpaired) electrons. The van der Waals surface area contributed by atoms with Gasteiger partial charge in [0.1, 0.15) is 12.4 Å². The zero-order valence-corrected chi connectivity index (χ0v) is 11.1. The predicted molar refractivity (Wildman–Crippen MR) is 75.7 cm³/mol. The third kappa shape index (κ3) is 3.59. The van der Waals surface area contributed by atoms with Gasteiger partial charge < -0.3 is 10.1 Å². The molecule has 1 saturated carbocycles. The number of nitrogens with one attached hydrogen (secondary N) is 1. The number of ether oxygens (including phenoxy) is 1. The van der Waals surface area contributed by atoms with Crippen molar-refractivity contribution in [3.63, 3.8) is 0 Å². The topological polar surface area (TPSA) is 45.0 Å². The molecule has 0 bridgehead atoms. The lowest BCUT2D eigenvalue weighted by molar-refractivity contribution is 0.355. The summed E-state index contributed by atoms with van der Waals surface area (Å²) < 4.78 is 5.63. The minimum atomic E-state index is 0.154. The molecule has 2 atom stereocenters. The van der Waals surface area contributed by atoms with Crippen LogP contribution in [0.3, 0.4) is 0 Å². The molecule has 0 saturated heterocycles. The highest BCUT2D eigenvalue weighted by molar-refractivity contribution is 5.33. The number of nitriles is 1. The fraction of sp³-hybridized carbons (Fsp3) is 0.438. The minimum absolute atomic E-state index is 0.154. The molecule has 0 aliphatic heterocycles. The summed E-state index contributed by atoms with van der Waals surface area (Å²) in [5.74, 6) is 1.04. The molecule has 1 aromatic rings. The van der Waals surface area contributed by atoms with Crippen LogP contribution in [0, 0.1) is 17.2 Å². The van der Waals surface area contributed by atoms with Crippen molar-refractivity contribution in [3.8, 4) is 11.8 Å². The number of hydrogen-bond acceptors (Lipinski definition) is 3. The van der Waals surface area contributed by atoms with E-state index in [9.17, 15) is 0 Å². The van der Waals surface area contributed by atoms with Crippen LogP contribution in [0.2, 0.25) is 0 Å². The summed E-state index contributed by atoms with van der Waals surface area (Å²) in [6, 6.07) is 10.7. The maximum absolute atomic E-state index is 9.08. The first-order chi connectivity index (χ1) is 9.35. The first kappa shape index (κ1) is 13.6. The summed E-state index contributed by atoms with van der Waals surface area (Å²) in [5.41, 5.74) is 1.13. The lowest BCUT2D eigenvalue weighted by Crippen LogP contribution is -2.31. The van der Waals surface area contributed by atoms with Crippen molar-refractivity contribution < 1.29 is 4.74 Å². The maximum atomic E-state index is 9.08. The molecule has 3 nitrogen and oxygen atoms in total. The van der Waals surface area contributed by atoms with Crippen molar-refractivity contribution in [1.29, 1.82) is 5.26 Å². The highest BCUT2D eigenvalue weighted by atomic mass is 16.5. The van der Waals surface area contributed by atoms with Gasteiger partial charge in [0.15, 0.2) is 0 Å². The second-order valence-electron chi connectivity index (χ2n) is 4.86. The van der Waals surface area contributed by atoms with Crippen molar-refractivity contribution in [2.24, 2.45) is 5.92 Å². The third-order valence-electron chi connectivity index (χ3n) is 3.57. The van der Waals surface area contributed by atoms with Gasteiger partial charge in [-0.05, 0) is 18.9 Å². The van der Waals surface area contributed by atoms with Crippen LogP contribution >= 0.6 is 0 Å². The fourth-order valence-corrected chi connectivity index (χ4v) is 2.54. The van der Waals surface area contributed by atoms with Crippen LogP contribution in [0.25, 0.3) is 0 Å². The number of rotatable bonds is 6. The zero-order valence-electron chi connectivity index (χ0n) is 11.1. The molecule has 2 rings (SSSR count). The number of nitrogens with zero attached hydrogens (tertiary/aromatic N) is 1. The highest BCUT2D eigenvalue weighted by Crippen LogP contribution is 2.26. The van der Waals surface area contributed by atoms with Crippen LogP contribution < -0.4 is 10.1 Å². The normalized spacial score (nSPS) is 21.8. The average Bonchev–Trinajstić information content (AvgIpc) is 2.91. The Morgan fingerprint density at radius 2 is 2.26 bits per heavy atom. The van der Waals surface area contributed by atoms with Crippen LogP contribution in [0.5, 0.6) is 5.75 Å². The van der Waals surface area contributed by atoms with Gasteiger partial charge in [-0.25, -0.2) is 0 Å². The standard InChI is InChI=1S/C16H20N2O/c1-2-10-19-16-9-4-3-6-14(16)12-18-15-8-5-7-13(15)11-17/h2-4,6,9,13,15,18H,1,5,7-8,10,12H2.